The molecular weight excluding hydrogens is 640 g/mol. The number of rotatable bonds is 13. The van der Waals surface area contributed by atoms with Gasteiger partial charge in [0, 0.05) is 42.1 Å². The number of carbonyl (C=O) groups excluding carboxylic acids is 1. The van der Waals surface area contributed by atoms with Crippen LogP contribution in [-0.2, 0) is 42.7 Å². The molecule has 0 fully saturated rings. The Kier molecular flexibility index (Phi) is 6.63. The van der Waals surface area contributed by atoms with Crippen molar-refractivity contribution in [2.24, 2.45) is 0 Å². The molecule has 0 atom stereocenters. The minimum absolute atomic E-state index is 0.0911. The number of amides is 1. The van der Waals surface area contributed by atoms with Crippen molar-refractivity contribution in [3.63, 3.8) is 0 Å². The number of likely N-dealkylation sites (N-methyl/N-ethyl adjacent to an activating group) is 1. The van der Waals surface area contributed by atoms with Crippen LogP contribution >= 0.6 is 11.8 Å². The molecule has 0 N–H and O–H groups in total. The molecule has 0 saturated heterocycles. The lowest BCUT2D eigenvalue weighted by Crippen LogP contribution is -2.40. The topological polar surface area (TPSA) is 58.4 Å². The molecule has 1 amide bonds. The summed E-state index contributed by atoms with van der Waals surface area (Å²) in [5, 5.41) is -0.0911. The molecule has 48 heavy (non-hydrogen) atoms. The van der Waals surface area contributed by atoms with Gasteiger partial charge in [-0.1, -0.05) is 67.9 Å². The fourth-order valence-electron chi connectivity index (χ4n) is 5.05. The summed E-state index contributed by atoms with van der Waals surface area (Å²) < 4.78 is 182. The van der Waals surface area contributed by atoms with Gasteiger partial charge in [-0.05, 0) is 91.2 Å². The second-order valence-corrected chi connectivity index (χ2v) is 11.6. The van der Waals surface area contributed by atoms with Gasteiger partial charge in [-0.2, -0.15) is 18.2 Å². The Hall–Kier alpha value is -3.96. The van der Waals surface area contributed by atoms with E-state index in [1.807, 2.05) is 0 Å². The summed E-state index contributed by atoms with van der Waals surface area (Å²) in [6.45, 7) is -3.24. The summed E-state index contributed by atoms with van der Waals surface area (Å²) in [4.78, 5) is 33.8. The van der Waals surface area contributed by atoms with Gasteiger partial charge in [0.25, 0.3) is 5.56 Å². The summed E-state index contributed by atoms with van der Waals surface area (Å²) in [6.07, 6.45) is -4.18. The van der Waals surface area contributed by atoms with Crippen LogP contribution in [0.5, 0.6) is 0 Å². The number of aromatic nitrogens is 2. The number of thioether (sulfide) groups is 1. The van der Waals surface area contributed by atoms with Crippen molar-refractivity contribution in [1.82, 2.24) is 19.4 Å². The van der Waals surface area contributed by atoms with Crippen molar-refractivity contribution in [2.75, 3.05) is 26.1 Å². The number of hydrogen-bond donors (Lipinski definition) is 0. The van der Waals surface area contributed by atoms with E-state index in [9.17, 15) is 27.2 Å². The van der Waals surface area contributed by atoms with Crippen LogP contribution in [0.4, 0.5) is 17.6 Å². The maximum Gasteiger partial charge on any atom is 0.416 e. The quantitative estimate of drug-likeness (QED) is 0.0823. The van der Waals surface area contributed by atoms with Crippen molar-refractivity contribution in [2.45, 2.75) is 70.2 Å². The Labute approximate surface area is 303 Å². The molecule has 5 rings (SSSR count). The summed E-state index contributed by atoms with van der Waals surface area (Å²) >= 11 is 0.775. The Bertz CT molecular complexity index is 2480. The Balaban J connectivity index is 1.63. The minimum atomic E-state index is -5.28. The molecule has 1 heterocycles. The third-order valence-electron chi connectivity index (χ3n) is 7.58. The maximum atomic E-state index is 14.6. The number of fused-ring (bicyclic) bond motifs is 1. The predicted molar refractivity (Wildman–Crippen MR) is 181 cm³/mol. The molecule has 1 aliphatic carbocycles. The van der Waals surface area contributed by atoms with Crippen LogP contribution in [0.1, 0.15) is 74.3 Å². The van der Waals surface area contributed by atoms with Gasteiger partial charge in [0.2, 0.25) is 5.91 Å². The van der Waals surface area contributed by atoms with Crippen LogP contribution in [0.3, 0.4) is 0 Å². The molecule has 0 bridgehead atoms. The van der Waals surface area contributed by atoms with Crippen molar-refractivity contribution >= 4 is 17.7 Å². The summed E-state index contributed by atoms with van der Waals surface area (Å²) in [5.74, 6) is -2.50. The van der Waals surface area contributed by atoms with Crippen molar-refractivity contribution < 1.29 is 42.9 Å². The fourth-order valence-corrected chi connectivity index (χ4v) is 5.95. The maximum absolute atomic E-state index is 14.6. The number of carbonyl (C=O) groups is 1. The second kappa shape index (κ2) is 15.5. The third kappa shape index (κ3) is 8.54. The Morgan fingerprint density at radius 2 is 1.69 bits per heavy atom. The Morgan fingerprint density at radius 3 is 2.35 bits per heavy atom. The second-order valence-electron chi connectivity index (χ2n) is 10.7. The first-order chi connectivity index (χ1) is 28.9. The zero-order valence-electron chi connectivity index (χ0n) is 41.2. The van der Waals surface area contributed by atoms with Gasteiger partial charge in [0.05, 0.1) is 20.6 Å². The van der Waals surface area contributed by atoms with E-state index in [4.69, 9.17) is 20.6 Å². The number of benzene rings is 3. The predicted octanol–water partition coefficient (Wildman–Crippen LogP) is 7.53. The van der Waals surface area contributed by atoms with Crippen LogP contribution in [0, 0.1) is 12.7 Å². The average molecular weight is 696 g/mol. The van der Waals surface area contributed by atoms with Gasteiger partial charge in [-0.25, -0.2) is 4.39 Å². The zero-order valence-corrected chi connectivity index (χ0v) is 27.0. The van der Waals surface area contributed by atoms with Crippen LogP contribution in [-0.4, -0.2) is 51.3 Å². The number of hydrogen-bond acceptors (Lipinski definition) is 5. The first kappa shape index (κ1) is 20.5. The molecule has 0 aliphatic heterocycles. The first-order valence-electron chi connectivity index (χ1n) is 22.3. The summed E-state index contributed by atoms with van der Waals surface area (Å²) in [5.41, 5.74) is -3.81. The van der Waals surface area contributed by atoms with Gasteiger partial charge in [0.15, 0.2) is 5.16 Å². The lowest BCUT2D eigenvalue weighted by atomic mass is 9.98. The molecule has 11 heteroatoms. The molecule has 4 aromatic rings. The van der Waals surface area contributed by atoms with E-state index >= 15 is 0 Å². The Morgan fingerprint density at radius 1 is 1.00 bits per heavy atom. The van der Waals surface area contributed by atoms with E-state index in [1.54, 1.807) is 0 Å². The van der Waals surface area contributed by atoms with Gasteiger partial charge in [0.1, 0.15) is 12.4 Å². The summed E-state index contributed by atoms with van der Waals surface area (Å²) in [6, 6.07) is -10.7. The molecule has 0 radical (unpaired) electrons. The number of nitrogens with zero attached hydrogens (tertiary/aromatic N) is 4. The highest BCUT2D eigenvalue weighted by atomic mass is 32.2. The van der Waals surface area contributed by atoms with Gasteiger partial charge in [-0.15, -0.1) is 0 Å². The molecule has 254 valence electrons. The molecule has 0 spiro atoms. The largest absolute Gasteiger partial charge is 0.416 e. The van der Waals surface area contributed by atoms with E-state index in [0.29, 0.717) is 30.5 Å². The smallest absolute Gasteiger partial charge is 0.336 e. The lowest BCUT2D eigenvalue weighted by Gasteiger charge is -2.28. The van der Waals surface area contributed by atoms with Crippen LogP contribution < -0.4 is 5.56 Å². The molecule has 0 saturated carbocycles. The molecule has 6 nitrogen and oxygen atoms in total. The third-order valence-corrected chi connectivity index (χ3v) is 8.59. The van der Waals surface area contributed by atoms with E-state index in [1.165, 1.54) is 11.5 Å². The molecule has 1 aromatic heterocycles. The monoisotopic (exact) mass is 695 g/mol. The van der Waals surface area contributed by atoms with Crippen LogP contribution in [0.2, 0.25) is 0 Å². The van der Waals surface area contributed by atoms with Gasteiger partial charge >= 0.3 is 6.18 Å². The van der Waals surface area contributed by atoms with Crippen molar-refractivity contribution in [3.8, 4) is 11.1 Å². The standard InChI is InChI=1S/C37H40F4N4O2S/c1-4-43(5-2)19-20-44(22-29-12-11-28(21-25(29)3)27-13-15-30(16-14-27)37(39,40)41)34(46)23-45-33-8-6-7-32(33)35(47)42-36(45)48-24-26-9-17-31(38)18-10-26/h9-18,21H,4-8,19-20,22-24H2,1-3H3/i4D2,5D2,9D,10D,11D,12D,13D,14D,15D,16D,17D,18D,21D. The molecular formula is C37H40F4N4O2S. The lowest BCUT2D eigenvalue weighted by molar-refractivity contribution is -0.137. The molecule has 1 aliphatic rings. The zero-order chi connectivity index (χ0) is 47.6. The number of alkyl halides is 3. The highest BCUT2D eigenvalue weighted by molar-refractivity contribution is 7.98. The van der Waals surface area contributed by atoms with Crippen LogP contribution in [0.15, 0.2) is 76.4 Å². The fraction of sp³-hybridized carbons (Fsp3) is 0.378. The van der Waals surface area contributed by atoms with Gasteiger partial charge in [-0.3, -0.25) is 9.59 Å². The first-order valence-corrected chi connectivity index (χ1v) is 15.7. The van der Waals surface area contributed by atoms with Gasteiger partial charge < -0.3 is 14.4 Å². The highest BCUT2D eigenvalue weighted by Crippen LogP contribution is 2.32. The van der Waals surface area contributed by atoms with Crippen molar-refractivity contribution in [3.05, 3.63) is 116 Å². The molecule has 3 aromatic carbocycles. The van der Waals surface area contributed by atoms with E-state index in [2.05, 4.69) is 4.98 Å². The number of halogens is 4. The normalized spacial score (nSPS) is 17.9. The molecule has 0 unspecified atom stereocenters. The van der Waals surface area contributed by atoms with E-state index in [0.717, 1.165) is 35.4 Å². The highest BCUT2D eigenvalue weighted by Gasteiger charge is 2.30. The van der Waals surface area contributed by atoms with E-state index in [-0.39, 0.29) is 27.6 Å². The SMILES string of the molecule is [2H]c1c([2H])c(CSc2nc(=O)c3c(n2CC(=O)N(CCN(C([2H])([2H])C)C([2H])([2H])C)Cc2c([2H])c([2H])c(-c4c([2H])c([2H])c(C(F)(F)F)c([2H])c4[2H])c([2H])c2C)CCC3)c([2H])c([2H])c1F. The van der Waals surface area contributed by atoms with Crippen molar-refractivity contribution in [1.29, 1.82) is 0 Å². The van der Waals surface area contributed by atoms with Crippen LogP contribution in [0.25, 0.3) is 11.1 Å². The van der Waals surface area contributed by atoms with E-state index < -0.39 is 146 Å². The average Bonchev–Trinajstić information content (AvgIpc) is 3.68. The minimum Gasteiger partial charge on any atom is -0.336 e. The summed E-state index contributed by atoms with van der Waals surface area (Å²) in [7, 11) is 0.